The Kier molecular flexibility index (Phi) is 3.94. The lowest BCUT2D eigenvalue weighted by Crippen LogP contribution is -2.38. The zero-order valence-corrected chi connectivity index (χ0v) is 10.4. The Balaban J connectivity index is 2.21. The van der Waals surface area contributed by atoms with Crippen LogP contribution in [0.25, 0.3) is 0 Å². The van der Waals surface area contributed by atoms with E-state index in [2.05, 4.69) is 4.98 Å². The minimum atomic E-state index is -0.924. The highest BCUT2D eigenvalue weighted by Gasteiger charge is 2.25. The summed E-state index contributed by atoms with van der Waals surface area (Å²) in [6.07, 6.45) is 5.19. The summed E-state index contributed by atoms with van der Waals surface area (Å²) >= 11 is 0. The molecule has 0 aliphatic heterocycles. The van der Waals surface area contributed by atoms with Gasteiger partial charge in [-0.25, -0.2) is 4.98 Å². The Labute approximate surface area is 110 Å². The molecule has 1 heterocycles. The first-order valence-electron chi connectivity index (χ1n) is 6.17. The van der Waals surface area contributed by atoms with E-state index < -0.39 is 10.9 Å². The first-order valence-corrected chi connectivity index (χ1v) is 6.17. The molecular weight excluding hydrogens is 250 g/mol. The van der Waals surface area contributed by atoms with Crippen molar-refractivity contribution in [3.05, 3.63) is 28.4 Å². The third-order valence-corrected chi connectivity index (χ3v) is 3.31. The molecule has 1 aromatic heterocycles. The molecule has 1 aliphatic carbocycles. The number of aromatic nitrogens is 1. The van der Waals surface area contributed by atoms with Crippen LogP contribution in [0.15, 0.2) is 18.3 Å². The number of carboxylic acid groups (broad SMARTS) is 1. The summed E-state index contributed by atoms with van der Waals surface area (Å²) in [5.41, 5.74) is -0.0922. The van der Waals surface area contributed by atoms with E-state index in [1.165, 1.54) is 18.3 Å². The van der Waals surface area contributed by atoms with Crippen molar-refractivity contribution >= 4 is 17.5 Å². The summed E-state index contributed by atoms with van der Waals surface area (Å²) < 4.78 is 0. The predicted octanol–water partition coefficient (Wildman–Crippen LogP) is 1.82. The van der Waals surface area contributed by atoms with E-state index in [1.54, 1.807) is 4.90 Å². The molecule has 1 saturated carbocycles. The highest BCUT2D eigenvalue weighted by molar-refractivity contribution is 5.73. The number of anilines is 1. The van der Waals surface area contributed by atoms with Crippen LogP contribution >= 0.6 is 0 Å². The number of rotatable bonds is 5. The van der Waals surface area contributed by atoms with Crippen molar-refractivity contribution < 1.29 is 14.8 Å². The van der Waals surface area contributed by atoms with Gasteiger partial charge >= 0.3 is 5.97 Å². The van der Waals surface area contributed by atoms with Crippen LogP contribution in [-0.4, -0.2) is 33.6 Å². The number of nitrogens with zero attached hydrogens (tertiary/aromatic N) is 3. The molecular formula is C12H15N3O4. The molecule has 0 unspecified atom stereocenters. The first-order chi connectivity index (χ1) is 9.08. The second-order valence-corrected chi connectivity index (χ2v) is 4.59. The van der Waals surface area contributed by atoms with E-state index in [9.17, 15) is 14.9 Å². The van der Waals surface area contributed by atoms with Gasteiger partial charge in [0.05, 0.1) is 4.92 Å². The molecule has 0 aromatic carbocycles. The maximum Gasteiger partial charge on any atom is 0.323 e. The Hall–Kier alpha value is -2.18. The minimum Gasteiger partial charge on any atom is -0.480 e. The standard InChI is InChI=1S/C12H15N3O4/c16-12(17)8-14(9-3-1-2-4-9)11-6-5-10(7-13-11)15(18)19/h5-7,9H,1-4,8H2,(H,16,17). The maximum atomic E-state index is 10.9. The van der Waals surface area contributed by atoms with Crippen LogP contribution in [0.5, 0.6) is 0 Å². The van der Waals surface area contributed by atoms with Gasteiger partial charge in [-0.2, -0.15) is 0 Å². The molecule has 1 aliphatic rings. The van der Waals surface area contributed by atoms with E-state index in [-0.39, 0.29) is 18.3 Å². The average molecular weight is 265 g/mol. The fraction of sp³-hybridized carbons (Fsp3) is 0.500. The van der Waals surface area contributed by atoms with Gasteiger partial charge in [-0.1, -0.05) is 12.8 Å². The largest absolute Gasteiger partial charge is 0.480 e. The smallest absolute Gasteiger partial charge is 0.323 e. The van der Waals surface area contributed by atoms with E-state index in [0.717, 1.165) is 25.7 Å². The summed E-state index contributed by atoms with van der Waals surface area (Å²) in [4.78, 5) is 26.7. The first kappa shape index (κ1) is 13.3. The summed E-state index contributed by atoms with van der Waals surface area (Å²) in [6.45, 7) is -0.129. The number of carboxylic acids is 1. The summed E-state index contributed by atoms with van der Waals surface area (Å²) in [5, 5.41) is 19.5. The van der Waals surface area contributed by atoms with Gasteiger partial charge in [-0.05, 0) is 18.9 Å². The molecule has 1 N–H and O–H groups in total. The summed E-state index contributed by atoms with van der Waals surface area (Å²) in [5.74, 6) is -0.438. The van der Waals surface area contributed by atoms with Crippen LogP contribution in [0.2, 0.25) is 0 Å². The minimum absolute atomic E-state index is 0.0922. The van der Waals surface area contributed by atoms with Crippen molar-refractivity contribution in [3.63, 3.8) is 0 Å². The Morgan fingerprint density at radius 2 is 2.16 bits per heavy atom. The van der Waals surface area contributed by atoms with E-state index in [0.29, 0.717) is 5.82 Å². The van der Waals surface area contributed by atoms with Gasteiger partial charge in [0.1, 0.15) is 18.6 Å². The van der Waals surface area contributed by atoms with Crippen LogP contribution in [0.4, 0.5) is 11.5 Å². The molecule has 2 rings (SSSR count). The number of nitro groups is 1. The van der Waals surface area contributed by atoms with Gasteiger partial charge in [-0.15, -0.1) is 0 Å². The molecule has 0 radical (unpaired) electrons. The predicted molar refractivity (Wildman–Crippen MR) is 68.1 cm³/mol. The molecule has 7 heteroatoms. The SMILES string of the molecule is O=C(O)CN(c1ccc([N+](=O)[O-])cn1)C1CCCC1. The quantitative estimate of drug-likeness (QED) is 0.644. The zero-order chi connectivity index (χ0) is 13.8. The van der Waals surface area contributed by atoms with Crippen molar-refractivity contribution in [1.82, 2.24) is 4.98 Å². The van der Waals surface area contributed by atoms with Crippen molar-refractivity contribution in [2.24, 2.45) is 0 Å². The topological polar surface area (TPSA) is 96.6 Å². The molecule has 7 nitrogen and oxygen atoms in total. The Bertz CT molecular complexity index is 468. The highest BCUT2D eigenvalue weighted by atomic mass is 16.6. The lowest BCUT2D eigenvalue weighted by Gasteiger charge is -2.28. The third-order valence-electron chi connectivity index (χ3n) is 3.31. The molecule has 0 saturated heterocycles. The van der Waals surface area contributed by atoms with Gasteiger partial charge in [0.15, 0.2) is 0 Å². The van der Waals surface area contributed by atoms with Crippen molar-refractivity contribution in [3.8, 4) is 0 Å². The Morgan fingerprint density at radius 3 is 2.63 bits per heavy atom. The fourth-order valence-corrected chi connectivity index (χ4v) is 2.41. The highest BCUT2D eigenvalue weighted by Crippen LogP contribution is 2.27. The van der Waals surface area contributed by atoms with Crippen molar-refractivity contribution in [1.29, 1.82) is 0 Å². The van der Waals surface area contributed by atoms with Gasteiger partial charge in [0.2, 0.25) is 0 Å². The second kappa shape index (κ2) is 5.64. The second-order valence-electron chi connectivity index (χ2n) is 4.59. The fourth-order valence-electron chi connectivity index (χ4n) is 2.41. The van der Waals surface area contributed by atoms with Crippen LogP contribution in [0, 0.1) is 10.1 Å². The summed E-state index contributed by atoms with van der Waals surface area (Å²) in [7, 11) is 0. The van der Waals surface area contributed by atoms with Gasteiger partial charge in [-0.3, -0.25) is 14.9 Å². The van der Waals surface area contributed by atoms with E-state index in [1.807, 2.05) is 0 Å². The number of hydrogen-bond acceptors (Lipinski definition) is 5. The molecule has 19 heavy (non-hydrogen) atoms. The van der Waals surface area contributed by atoms with Gasteiger partial charge < -0.3 is 10.0 Å². The lowest BCUT2D eigenvalue weighted by atomic mass is 10.2. The molecule has 0 atom stereocenters. The van der Waals surface area contributed by atoms with Crippen LogP contribution in [0.3, 0.4) is 0 Å². The average Bonchev–Trinajstić information content (AvgIpc) is 2.89. The van der Waals surface area contributed by atoms with Gasteiger partial charge in [0, 0.05) is 12.1 Å². The molecule has 0 bridgehead atoms. The summed E-state index contributed by atoms with van der Waals surface area (Å²) in [6, 6.07) is 3.02. The number of pyridine rings is 1. The van der Waals surface area contributed by atoms with E-state index in [4.69, 9.17) is 5.11 Å². The molecule has 0 spiro atoms. The van der Waals surface area contributed by atoms with Crippen molar-refractivity contribution in [2.45, 2.75) is 31.7 Å². The lowest BCUT2D eigenvalue weighted by molar-refractivity contribution is -0.385. The normalized spacial score (nSPS) is 15.4. The molecule has 0 amide bonds. The molecule has 1 aromatic rings. The van der Waals surface area contributed by atoms with Crippen LogP contribution in [-0.2, 0) is 4.79 Å². The molecule has 1 fully saturated rings. The van der Waals surface area contributed by atoms with Gasteiger partial charge in [0.25, 0.3) is 5.69 Å². The number of aliphatic carboxylic acids is 1. The zero-order valence-electron chi connectivity index (χ0n) is 10.4. The maximum absolute atomic E-state index is 10.9. The molecule has 102 valence electrons. The van der Waals surface area contributed by atoms with E-state index >= 15 is 0 Å². The Morgan fingerprint density at radius 1 is 1.47 bits per heavy atom. The van der Waals surface area contributed by atoms with Crippen molar-refractivity contribution in [2.75, 3.05) is 11.4 Å². The van der Waals surface area contributed by atoms with Crippen LogP contribution < -0.4 is 4.90 Å². The third kappa shape index (κ3) is 3.18. The monoisotopic (exact) mass is 265 g/mol. The number of hydrogen-bond donors (Lipinski definition) is 1. The number of carbonyl (C=O) groups is 1. The van der Waals surface area contributed by atoms with Crippen LogP contribution in [0.1, 0.15) is 25.7 Å².